The van der Waals surface area contributed by atoms with Gasteiger partial charge < -0.3 is 10.2 Å². The first-order chi connectivity index (χ1) is 10.3. The van der Waals surface area contributed by atoms with Crippen LogP contribution in [0.5, 0.6) is 0 Å². The first-order valence-electron chi connectivity index (χ1n) is 7.56. The first kappa shape index (κ1) is 15.4. The standard InChI is InChI=1S/C17H24N4/c1-3-9-18-14-16-13-17(7-11-20-16)21(2)12-8-15-6-4-5-10-19-15/h4-7,10-11,13,18H,3,8-9,12,14H2,1-2H3. The highest BCUT2D eigenvalue weighted by molar-refractivity contribution is 5.45. The third kappa shape index (κ3) is 5.16. The number of hydrogen-bond donors (Lipinski definition) is 1. The molecule has 2 rings (SSSR count). The molecule has 0 atom stereocenters. The Morgan fingerprint density at radius 2 is 1.95 bits per heavy atom. The summed E-state index contributed by atoms with van der Waals surface area (Å²) in [5, 5.41) is 3.38. The summed E-state index contributed by atoms with van der Waals surface area (Å²) in [6.07, 6.45) is 5.82. The SMILES string of the molecule is CCCNCc1cc(N(C)CCc2ccccn2)ccn1. The second-order valence-corrected chi connectivity index (χ2v) is 5.17. The van der Waals surface area contributed by atoms with E-state index in [1.165, 1.54) is 5.69 Å². The molecule has 0 spiro atoms. The van der Waals surface area contributed by atoms with E-state index >= 15 is 0 Å². The second-order valence-electron chi connectivity index (χ2n) is 5.17. The number of anilines is 1. The van der Waals surface area contributed by atoms with Crippen molar-refractivity contribution in [1.29, 1.82) is 0 Å². The summed E-state index contributed by atoms with van der Waals surface area (Å²) in [5.74, 6) is 0. The minimum absolute atomic E-state index is 0.829. The van der Waals surface area contributed by atoms with Gasteiger partial charge >= 0.3 is 0 Å². The molecule has 0 aliphatic heterocycles. The average Bonchev–Trinajstić information content (AvgIpc) is 2.54. The molecule has 0 saturated carbocycles. The van der Waals surface area contributed by atoms with Gasteiger partial charge in [-0.1, -0.05) is 13.0 Å². The second kappa shape index (κ2) is 8.37. The molecule has 21 heavy (non-hydrogen) atoms. The Morgan fingerprint density at radius 3 is 2.71 bits per heavy atom. The van der Waals surface area contributed by atoms with E-state index in [9.17, 15) is 0 Å². The summed E-state index contributed by atoms with van der Waals surface area (Å²) < 4.78 is 0. The molecule has 2 aromatic heterocycles. The molecule has 0 radical (unpaired) electrons. The lowest BCUT2D eigenvalue weighted by Gasteiger charge is -2.19. The van der Waals surface area contributed by atoms with Gasteiger partial charge in [-0.25, -0.2) is 0 Å². The smallest absolute Gasteiger partial charge is 0.0562 e. The van der Waals surface area contributed by atoms with Crippen LogP contribution in [0.15, 0.2) is 42.7 Å². The van der Waals surface area contributed by atoms with Crippen LogP contribution < -0.4 is 10.2 Å². The molecule has 0 unspecified atom stereocenters. The molecule has 2 heterocycles. The van der Waals surface area contributed by atoms with Crippen LogP contribution >= 0.6 is 0 Å². The monoisotopic (exact) mass is 284 g/mol. The van der Waals surface area contributed by atoms with E-state index in [1.807, 2.05) is 24.5 Å². The molecule has 0 fully saturated rings. The molecular weight excluding hydrogens is 260 g/mol. The van der Waals surface area contributed by atoms with Crippen molar-refractivity contribution in [2.24, 2.45) is 0 Å². The zero-order valence-electron chi connectivity index (χ0n) is 12.9. The van der Waals surface area contributed by atoms with E-state index < -0.39 is 0 Å². The summed E-state index contributed by atoms with van der Waals surface area (Å²) in [4.78, 5) is 11.0. The van der Waals surface area contributed by atoms with Gasteiger partial charge in [0, 0.05) is 50.3 Å². The lowest BCUT2D eigenvalue weighted by molar-refractivity contribution is 0.664. The molecule has 1 N–H and O–H groups in total. The van der Waals surface area contributed by atoms with Crippen molar-refractivity contribution in [2.75, 3.05) is 25.0 Å². The van der Waals surface area contributed by atoms with E-state index in [0.29, 0.717) is 0 Å². The fraction of sp³-hybridized carbons (Fsp3) is 0.412. The first-order valence-corrected chi connectivity index (χ1v) is 7.56. The van der Waals surface area contributed by atoms with Crippen LogP contribution in [-0.4, -0.2) is 30.1 Å². The molecule has 0 aromatic carbocycles. The maximum atomic E-state index is 4.41. The molecule has 4 nitrogen and oxygen atoms in total. The third-order valence-corrected chi connectivity index (χ3v) is 3.40. The zero-order valence-corrected chi connectivity index (χ0v) is 12.9. The van der Waals surface area contributed by atoms with Gasteiger partial charge in [0.25, 0.3) is 0 Å². The molecule has 112 valence electrons. The largest absolute Gasteiger partial charge is 0.374 e. The molecule has 0 saturated heterocycles. The number of likely N-dealkylation sites (N-methyl/N-ethyl adjacent to an activating group) is 1. The summed E-state index contributed by atoms with van der Waals surface area (Å²) in [6.45, 7) is 4.97. The Labute approximate surface area is 127 Å². The van der Waals surface area contributed by atoms with E-state index in [1.54, 1.807) is 0 Å². The lowest BCUT2D eigenvalue weighted by Crippen LogP contribution is -2.21. The van der Waals surface area contributed by atoms with Crippen LogP contribution in [0, 0.1) is 0 Å². The van der Waals surface area contributed by atoms with Crippen LogP contribution in [-0.2, 0) is 13.0 Å². The highest BCUT2D eigenvalue weighted by Crippen LogP contribution is 2.13. The van der Waals surface area contributed by atoms with Crippen molar-refractivity contribution in [2.45, 2.75) is 26.3 Å². The van der Waals surface area contributed by atoms with Gasteiger partial charge in [0.2, 0.25) is 0 Å². The molecule has 0 aliphatic carbocycles. The Hall–Kier alpha value is -1.94. The van der Waals surface area contributed by atoms with Crippen molar-refractivity contribution in [3.05, 3.63) is 54.1 Å². The molecule has 0 amide bonds. The van der Waals surface area contributed by atoms with Gasteiger partial charge in [0.15, 0.2) is 0 Å². The number of rotatable bonds is 8. The van der Waals surface area contributed by atoms with E-state index in [2.05, 4.69) is 52.4 Å². The van der Waals surface area contributed by atoms with Crippen molar-refractivity contribution in [3.8, 4) is 0 Å². The number of hydrogen-bond acceptors (Lipinski definition) is 4. The topological polar surface area (TPSA) is 41.0 Å². The number of aromatic nitrogens is 2. The zero-order chi connectivity index (χ0) is 14.9. The van der Waals surface area contributed by atoms with Crippen LogP contribution in [0.1, 0.15) is 24.7 Å². The average molecular weight is 284 g/mol. The summed E-state index contributed by atoms with van der Waals surface area (Å²) in [7, 11) is 2.11. The molecule has 2 aromatic rings. The summed E-state index contributed by atoms with van der Waals surface area (Å²) >= 11 is 0. The van der Waals surface area contributed by atoms with Crippen LogP contribution in [0.4, 0.5) is 5.69 Å². The van der Waals surface area contributed by atoms with Crippen LogP contribution in [0.2, 0.25) is 0 Å². The van der Waals surface area contributed by atoms with Crippen molar-refractivity contribution >= 4 is 5.69 Å². The Balaban J connectivity index is 1.89. The molecular formula is C17H24N4. The predicted molar refractivity (Wildman–Crippen MR) is 87.4 cm³/mol. The number of nitrogens with zero attached hydrogens (tertiary/aromatic N) is 3. The van der Waals surface area contributed by atoms with Crippen molar-refractivity contribution in [3.63, 3.8) is 0 Å². The van der Waals surface area contributed by atoms with Gasteiger partial charge in [-0.3, -0.25) is 9.97 Å². The van der Waals surface area contributed by atoms with Crippen LogP contribution in [0.25, 0.3) is 0 Å². The minimum atomic E-state index is 0.829. The van der Waals surface area contributed by atoms with E-state index in [0.717, 1.165) is 43.9 Å². The number of nitrogens with one attached hydrogen (secondary N) is 1. The van der Waals surface area contributed by atoms with Crippen molar-refractivity contribution in [1.82, 2.24) is 15.3 Å². The maximum Gasteiger partial charge on any atom is 0.0562 e. The molecule has 4 heteroatoms. The van der Waals surface area contributed by atoms with Gasteiger partial charge in [-0.15, -0.1) is 0 Å². The third-order valence-electron chi connectivity index (χ3n) is 3.40. The highest BCUT2D eigenvalue weighted by Gasteiger charge is 2.04. The van der Waals surface area contributed by atoms with E-state index in [4.69, 9.17) is 0 Å². The van der Waals surface area contributed by atoms with E-state index in [-0.39, 0.29) is 0 Å². The normalized spacial score (nSPS) is 10.6. The Kier molecular flexibility index (Phi) is 6.16. The molecule has 0 aliphatic rings. The highest BCUT2D eigenvalue weighted by atomic mass is 15.1. The predicted octanol–water partition coefficient (Wildman–Crippen LogP) is 2.66. The van der Waals surface area contributed by atoms with Crippen molar-refractivity contribution < 1.29 is 0 Å². The molecule has 0 bridgehead atoms. The minimum Gasteiger partial charge on any atom is -0.374 e. The fourth-order valence-corrected chi connectivity index (χ4v) is 2.15. The fourth-order valence-electron chi connectivity index (χ4n) is 2.15. The Morgan fingerprint density at radius 1 is 1.10 bits per heavy atom. The van der Waals surface area contributed by atoms with Gasteiger partial charge in [-0.2, -0.15) is 0 Å². The Bertz CT molecular complexity index is 527. The quantitative estimate of drug-likeness (QED) is 0.757. The summed E-state index contributed by atoms with van der Waals surface area (Å²) in [5.41, 5.74) is 3.42. The van der Waals surface area contributed by atoms with Gasteiger partial charge in [0.05, 0.1) is 5.69 Å². The summed E-state index contributed by atoms with van der Waals surface area (Å²) in [6, 6.07) is 10.3. The lowest BCUT2D eigenvalue weighted by atomic mass is 10.2. The van der Waals surface area contributed by atoms with Gasteiger partial charge in [-0.05, 0) is 37.2 Å². The maximum absolute atomic E-state index is 4.41. The number of pyridine rings is 2. The van der Waals surface area contributed by atoms with Gasteiger partial charge in [0.1, 0.15) is 0 Å². The van der Waals surface area contributed by atoms with Crippen LogP contribution in [0.3, 0.4) is 0 Å².